The molecule has 0 atom stereocenters. The van der Waals surface area contributed by atoms with Gasteiger partial charge in [-0.2, -0.15) is 0 Å². The van der Waals surface area contributed by atoms with Crippen LogP contribution in [0.5, 0.6) is 0 Å². The van der Waals surface area contributed by atoms with E-state index in [-0.39, 0.29) is 0 Å². The van der Waals surface area contributed by atoms with Crippen molar-refractivity contribution in [3.8, 4) is 0 Å². The lowest BCUT2D eigenvalue weighted by Crippen LogP contribution is -1.89. The molecule has 0 aliphatic heterocycles. The van der Waals surface area contributed by atoms with Crippen LogP contribution in [0, 0.1) is 6.92 Å². The molecule has 3 nitrogen and oxygen atoms in total. The van der Waals surface area contributed by atoms with Gasteiger partial charge in [-0.1, -0.05) is 6.07 Å². The average Bonchev–Trinajstić information content (AvgIpc) is 2.06. The van der Waals surface area contributed by atoms with Crippen molar-refractivity contribution in [2.75, 3.05) is 5.73 Å². The number of nitrogens with two attached hydrogens (primary N) is 1. The highest BCUT2D eigenvalue weighted by atomic mass is 16.4. The van der Waals surface area contributed by atoms with Gasteiger partial charge in [-0.3, -0.25) is 0 Å². The highest BCUT2D eigenvalue weighted by Crippen LogP contribution is 2.13. The summed E-state index contributed by atoms with van der Waals surface area (Å²) in [5.74, 6) is -0.957. The van der Waals surface area contributed by atoms with Gasteiger partial charge in [0.25, 0.3) is 0 Å². The van der Waals surface area contributed by atoms with Crippen LogP contribution in [0.4, 0.5) is 5.69 Å². The molecule has 68 valence electrons. The number of aliphatic carboxylic acids is 1. The van der Waals surface area contributed by atoms with Gasteiger partial charge >= 0.3 is 5.97 Å². The van der Waals surface area contributed by atoms with E-state index in [1.807, 2.05) is 13.0 Å². The summed E-state index contributed by atoms with van der Waals surface area (Å²) in [7, 11) is 0. The van der Waals surface area contributed by atoms with E-state index >= 15 is 0 Å². The third-order valence-corrected chi connectivity index (χ3v) is 1.71. The van der Waals surface area contributed by atoms with Crippen molar-refractivity contribution in [1.29, 1.82) is 0 Å². The number of benzene rings is 1. The lowest BCUT2D eigenvalue weighted by atomic mass is 10.1. The van der Waals surface area contributed by atoms with Crippen molar-refractivity contribution >= 4 is 17.7 Å². The number of anilines is 1. The number of hydrogen-bond acceptors (Lipinski definition) is 2. The number of carboxylic acids is 1. The van der Waals surface area contributed by atoms with Crippen LogP contribution < -0.4 is 5.73 Å². The fraction of sp³-hybridized carbons (Fsp3) is 0.100. The van der Waals surface area contributed by atoms with E-state index in [9.17, 15) is 4.79 Å². The second-order valence-electron chi connectivity index (χ2n) is 2.79. The van der Waals surface area contributed by atoms with Gasteiger partial charge in [0.05, 0.1) is 0 Å². The van der Waals surface area contributed by atoms with Crippen molar-refractivity contribution in [3.05, 3.63) is 35.4 Å². The van der Waals surface area contributed by atoms with E-state index < -0.39 is 5.97 Å². The highest BCUT2D eigenvalue weighted by Gasteiger charge is 1.95. The van der Waals surface area contributed by atoms with Crippen LogP contribution in [0.15, 0.2) is 24.3 Å². The van der Waals surface area contributed by atoms with Gasteiger partial charge in [0, 0.05) is 11.8 Å². The van der Waals surface area contributed by atoms with Crippen molar-refractivity contribution in [1.82, 2.24) is 0 Å². The standard InChI is InChI=1S/C10H11NO2/c1-7-2-4-9(11)6-8(7)3-5-10(12)13/h2-6H,11H2,1H3,(H,12,13). The summed E-state index contributed by atoms with van der Waals surface area (Å²) in [6.07, 6.45) is 2.63. The molecule has 1 rings (SSSR count). The van der Waals surface area contributed by atoms with Gasteiger partial charge in [0.1, 0.15) is 0 Å². The van der Waals surface area contributed by atoms with Gasteiger partial charge < -0.3 is 10.8 Å². The molecule has 0 heterocycles. The molecule has 0 aromatic heterocycles. The Bertz CT molecular complexity index is 356. The third kappa shape index (κ3) is 2.63. The fourth-order valence-electron chi connectivity index (χ4n) is 1.000. The Hall–Kier alpha value is -1.77. The van der Waals surface area contributed by atoms with E-state index in [0.717, 1.165) is 17.2 Å². The molecule has 0 fully saturated rings. The maximum Gasteiger partial charge on any atom is 0.328 e. The lowest BCUT2D eigenvalue weighted by molar-refractivity contribution is -0.131. The molecule has 0 spiro atoms. The Morgan fingerprint density at radius 1 is 1.54 bits per heavy atom. The summed E-state index contributed by atoms with van der Waals surface area (Å²) < 4.78 is 0. The molecule has 0 aliphatic rings. The van der Waals surface area contributed by atoms with Crippen LogP contribution >= 0.6 is 0 Å². The summed E-state index contributed by atoms with van der Waals surface area (Å²) in [6, 6.07) is 5.39. The number of carbonyl (C=O) groups is 1. The van der Waals surface area contributed by atoms with Crippen LogP contribution in [0.1, 0.15) is 11.1 Å². The normalized spacial score (nSPS) is 10.5. The smallest absolute Gasteiger partial charge is 0.328 e. The number of carboxylic acid groups (broad SMARTS) is 1. The largest absolute Gasteiger partial charge is 0.478 e. The maximum atomic E-state index is 10.3. The predicted molar refractivity (Wildman–Crippen MR) is 52.3 cm³/mol. The first kappa shape index (κ1) is 9.32. The van der Waals surface area contributed by atoms with Gasteiger partial charge in [-0.15, -0.1) is 0 Å². The first-order valence-electron chi connectivity index (χ1n) is 3.87. The quantitative estimate of drug-likeness (QED) is 0.533. The molecule has 3 heteroatoms. The molecule has 0 radical (unpaired) electrons. The number of hydrogen-bond donors (Lipinski definition) is 2. The van der Waals surface area contributed by atoms with Gasteiger partial charge in [0.2, 0.25) is 0 Å². The number of aryl methyl sites for hydroxylation is 1. The molecular weight excluding hydrogens is 166 g/mol. The summed E-state index contributed by atoms with van der Waals surface area (Å²) in [6.45, 7) is 1.90. The third-order valence-electron chi connectivity index (χ3n) is 1.71. The zero-order chi connectivity index (χ0) is 9.84. The zero-order valence-electron chi connectivity index (χ0n) is 7.32. The van der Waals surface area contributed by atoms with Crippen molar-refractivity contribution in [2.24, 2.45) is 0 Å². The summed E-state index contributed by atoms with van der Waals surface area (Å²) in [4.78, 5) is 10.3. The number of rotatable bonds is 2. The van der Waals surface area contributed by atoms with E-state index in [4.69, 9.17) is 10.8 Å². The summed E-state index contributed by atoms with van der Waals surface area (Å²) >= 11 is 0. The van der Waals surface area contributed by atoms with Crippen LogP contribution in [0.3, 0.4) is 0 Å². The summed E-state index contributed by atoms with van der Waals surface area (Å²) in [5.41, 5.74) is 8.03. The highest BCUT2D eigenvalue weighted by molar-refractivity contribution is 5.85. The molecule has 13 heavy (non-hydrogen) atoms. The molecule has 0 aliphatic carbocycles. The fourth-order valence-corrected chi connectivity index (χ4v) is 1.000. The minimum absolute atomic E-state index is 0.635. The van der Waals surface area contributed by atoms with Crippen LogP contribution in [-0.2, 0) is 4.79 Å². The van der Waals surface area contributed by atoms with Crippen molar-refractivity contribution in [2.45, 2.75) is 6.92 Å². The molecule has 0 bridgehead atoms. The molecule has 1 aromatic rings. The van der Waals surface area contributed by atoms with E-state index in [1.54, 1.807) is 12.1 Å². The second-order valence-corrected chi connectivity index (χ2v) is 2.79. The van der Waals surface area contributed by atoms with E-state index in [0.29, 0.717) is 5.69 Å². The summed E-state index contributed by atoms with van der Waals surface area (Å²) in [5, 5.41) is 8.42. The van der Waals surface area contributed by atoms with Crippen molar-refractivity contribution in [3.63, 3.8) is 0 Å². The molecule has 3 N–H and O–H groups in total. The Kier molecular flexibility index (Phi) is 2.69. The second kappa shape index (κ2) is 3.76. The molecule has 0 saturated heterocycles. The maximum absolute atomic E-state index is 10.3. The molecule has 1 aromatic carbocycles. The first-order chi connectivity index (χ1) is 6.09. The number of nitrogen functional groups attached to an aromatic ring is 1. The SMILES string of the molecule is Cc1ccc(N)cc1C=CC(=O)O. The zero-order valence-corrected chi connectivity index (χ0v) is 7.32. The van der Waals surface area contributed by atoms with E-state index in [2.05, 4.69) is 0 Å². The van der Waals surface area contributed by atoms with Gasteiger partial charge in [-0.05, 0) is 36.3 Å². The monoisotopic (exact) mass is 177 g/mol. The minimum Gasteiger partial charge on any atom is -0.478 e. The Morgan fingerprint density at radius 2 is 2.23 bits per heavy atom. The average molecular weight is 177 g/mol. The van der Waals surface area contributed by atoms with Gasteiger partial charge in [-0.25, -0.2) is 4.79 Å². The first-order valence-corrected chi connectivity index (χ1v) is 3.87. The molecule has 0 saturated carbocycles. The minimum atomic E-state index is -0.957. The molecule has 0 unspecified atom stereocenters. The van der Waals surface area contributed by atoms with E-state index in [1.165, 1.54) is 6.08 Å². The Morgan fingerprint density at radius 3 is 2.85 bits per heavy atom. The lowest BCUT2D eigenvalue weighted by Gasteiger charge is -2.00. The Labute approximate surface area is 76.5 Å². The van der Waals surface area contributed by atoms with Crippen molar-refractivity contribution < 1.29 is 9.90 Å². The predicted octanol–water partition coefficient (Wildman–Crippen LogP) is 1.68. The van der Waals surface area contributed by atoms with Crippen LogP contribution in [0.25, 0.3) is 6.08 Å². The van der Waals surface area contributed by atoms with Crippen LogP contribution in [-0.4, -0.2) is 11.1 Å². The van der Waals surface area contributed by atoms with Crippen LogP contribution in [0.2, 0.25) is 0 Å². The topological polar surface area (TPSA) is 63.3 Å². The Balaban J connectivity index is 3.00. The van der Waals surface area contributed by atoms with Gasteiger partial charge in [0.15, 0.2) is 0 Å². The molecular formula is C10H11NO2. The molecule has 0 amide bonds.